The fourth-order valence-electron chi connectivity index (χ4n) is 4.13. The van der Waals surface area contributed by atoms with Gasteiger partial charge in [-0.25, -0.2) is 13.8 Å². The normalized spacial score (nSPS) is 18.8. The molecule has 10 heteroatoms. The predicted molar refractivity (Wildman–Crippen MR) is 113 cm³/mol. The number of fused-ring (bicyclic) bond motifs is 1. The van der Waals surface area contributed by atoms with Crippen molar-refractivity contribution in [2.75, 3.05) is 6.54 Å². The Kier molecular flexibility index (Phi) is 4.62. The lowest BCUT2D eigenvalue weighted by atomic mass is 9.97. The lowest BCUT2D eigenvalue weighted by Crippen LogP contribution is -2.44. The summed E-state index contributed by atoms with van der Waals surface area (Å²) >= 11 is 3.18. The molecule has 1 amide bonds. The number of hydrogen-bond acceptors (Lipinski definition) is 4. The van der Waals surface area contributed by atoms with Crippen molar-refractivity contribution in [3.63, 3.8) is 0 Å². The molecule has 0 bridgehead atoms. The monoisotopic (exact) mass is 486 g/mol. The van der Waals surface area contributed by atoms with Crippen LogP contribution in [-0.4, -0.2) is 42.3 Å². The Hall–Kier alpha value is -3.14. The molecule has 5 rings (SSSR count). The highest BCUT2D eigenvalue weighted by Gasteiger charge is 2.44. The van der Waals surface area contributed by atoms with E-state index in [9.17, 15) is 13.6 Å². The van der Waals surface area contributed by atoms with E-state index in [-0.39, 0.29) is 11.5 Å². The number of imidazole rings is 1. The highest BCUT2D eigenvalue weighted by Crippen LogP contribution is 2.39. The largest absolute Gasteiger partial charge is 0.340 e. The highest BCUT2D eigenvalue weighted by molar-refractivity contribution is 9.10. The second kappa shape index (κ2) is 7.23. The maximum absolute atomic E-state index is 14.1. The van der Waals surface area contributed by atoms with Crippen LogP contribution >= 0.6 is 15.9 Å². The lowest BCUT2D eigenvalue weighted by Gasteiger charge is -2.34. The molecule has 7 nitrogen and oxygen atoms in total. The number of halogens is 3. The first-order valence-corrected chi connectivity index (χ1v) is 10.5. The number of hydrogen-bond donors (Lipinski definition) is 1. The van der Waals surface area contributed by atoms with E-state index in [2.05, 4.69) is 36.1 Å². The molecule has 4 aromatic rings. The van der Waals surface area contributed by atoms with Gasteiger partial charge in [0.2, 0.25) is 0 Å². The number of nitrogens with zero attached hydrogens (tertiary/aromatic N) is 5. The van der Waals surface area contributed by atoms with Crippen LogP contribution in [0.1, 0.15) is 35.9 Å². The van der Waals surface area contributed by atoms with Crippen molar-refractivity contribution in [3.8, 4) is 5.69 Å². The summed E-state index contributed by atoms with van der Waals surface area (Å²) in [5, 5.41) is 8.16. The van der Waals surface area contributed by atoms with Crippen molar-refractivity contribution in [1.82, 2.24) is 29.9 Å². The lowest BCUT2D eigenvalue weighted by molar-refractivity contribution is 0.0605. The number of aromatic amines is 1. The van der Waals surface area contributed by atoms with Gasteiger partial charge in [-0.2, -0.15) is 15.0 Å². The molecule has 1 fully saturated rings. The molecule has 2 aromatic carbocycles. The van der Waals surface area contributed by atoms with Crippen molar-refractivity contribution < 1.29 is 13.6 Å². The summed E-state index contributed by atoms with van der Waals surface area (Å²) in [5.74, 6) is -0.715. The van der Waals surface area contributed by atoms with Gasteiger partial charge in [0.1, 0.15) is 17.5 Å². The van der Waals surface area contributed by atoms with Gasteiger partial charge >= 0.3 is 0 Å². The summed E-state index contributed by atoms with van der Waals surface area (Å²) in [4.78, 5) is 24.4. The van der Waals surface area contributed by atoms with Crippen LogP contribution in [0.15, 0.2) is 47.2 Å². The molecule has 1 atom stereocenters. The Labute approximate surface area is 184 Å². The first-order chi connectivity index (χ1) is 14.9. The smallest absolute Gasteiger partial charge is 0.257 e. The van der Waals surface area contributed by atoms with Crippen molar-refractivity contribution in [1.29, 1.82) is 0 Å². The Morgan fingerprint density at radius 1 is 1.19 bits per heavy atom. The van der Waals surface area contributed by atoms with Gasteiger partial charge in [-0.05, 0) is 60.0 Å². The van der Waals surface area contributed by atoms with Crippen LogP contribution in [0.3, 0.4) is 0 Å². The molecule has 1 N–H and O–H groups in total. The topological polar surface area (TPSA) is 79.7 Å². The summed E-state index contributed by atoms with van der Waals surface area (Å²) < 4.78 is 28.4. The molecule has 1 aliphatic rings. The van der Waals surface area contributed by atoms with Crippen molar-refractivity contribution in [2.45, 2.75) is 25.3 Å². The molecule has 0 spiro atoms. The van der Waals surface area contributed by atoms with Crippen molar-refractivity contribution >= 4 is 32.9 Å². The van der Waals surface area contributed by atoms with Gasteiger partial charge in [-0.15, -0.1) is 0 Å². The molecule has 1 saturated heterocycles. The molecule has 2 aromatic heterocycles. The van der Waals surface area contributed by atoms with Gasteiger partial charge < -0.3 is 9.88 Å². The Balaban J connectivity index is 1.58. The quantitative estimate of drug-likeness (QED) is 0.467. The third kappa shape index (κ3) is 3.21. The summed E-state index contributed by atoms with van der Waals surface area (Å²) in [5.41, 5.74) is 0.926. The Morgan fingerprint density at radius 3 is 2.74 bits per heavy atom. The van der Waals surface area contributed by atoms with Gasteiger partial charge in [-0.1, -0.05) is 0 Å². The number of carbonyl (C=O) groups is 1. The number of likely N-dealkylation sites (tertiary alicyclic amines) is 1. The molecule has 0 radical (unpaired) electrons. The summed E-state index contributed by atoms with van der Waals surface area (Å²) in [6.45, 7) is 2.39. The number of benzene rings is 2. The van der Waals surface area contributed by atoms with Crippen LogP contribution in [0, 0.1) is 11.6 Å². The molecule has 31 heavy (non-hydrogen) atoms. The zero-order valence-corrected chi connectivity index (χ0v) is 18.0. The van der Waals surface area contributed by atoms with E-state index in [1.54, 1.807) is 11.0 Å². The average Bonchev–Trinajstić information content (AvgIpc) is 3.48. The zero-order chi connectivity index (χ0) is 21.8. The molecular formula is C21H17BrF2N6O. The molecule has 0 saturated carbocycles. The fourth-order valence-corrected chi connectivity index (χ4v) is 4.47. The van der Waals surface area contributed by atoms with Crippen LogP contribution in [0.2, 0.25) is 0 Å². The summed E-state index contributed by atoms with van der Waals surface area (Å²) in [6.07, 6.45) is 4.39. The van der Waals surface area contributed by atoms with E-state index in [0.29, 0.717) is 40.0 Å². The van der Waals surface area contributed by atoms with Crippen LogP contribution in [0.25, 0.3) is 16.7 Å². The van der Waals surface area contributed by atoms with E-state index in [1.165, 1.54) is 41.5 Å². The molecule has 3 heterocycles. The van der Waals surface area contributed by atoms with E-state index in [1.807, 2.05) is 6.92 Å². The summed E-state index contributed by atoms with van der Waals surface area (Å²) in [6, 6.07) is 6.92. The van der Waals surface area contributed by atoms with Gasteiger partial charge in [-0.3, -0.25) is 4.79 Å². The fraction of sp³-hybridized carbons (Fsp3) is 0.238. The number of nitrogens with one attached hydrogen (secondary N) is 1. The number of amides is 1. The van der Waals surface area contributed by atoms with Crippen molar-refractivity contribution in [2.24, 2.45) is 0 Å². The van der Waals surface area contributed by atoms with E-state index < -0.39 is 17.2 Å². The molecule has 0 aliphatic carbocycles. The Morgan fingerprint density at radius 2 is 1.97 bits per heavy atom. The highest BCUT2D eigenvalue weighted by atomic mass is 79.9. The standard InChI is InChI=1S/C21H17BrF2N6O/c1-21(20-27-16-10-14(22)15(24)11-17(16)28-20)5-2-8-29(21)19(31)13-9-12(23)3-4-18(13)30-25-6-7-26-30/h3-4,6-7,9-11H,2,5,8H2,1H3,(H,27,28). The number of rotatable bonds is 3. The molecule has 1 unspecified atom stereocenters. The predicted octanol–water partition coefficient (Wildman–Crippen LogP) is 4.34. The van der Waals surface area contributed by atoms with E-state index >= 15 is 0 Å². The minimum atomic E-state index is -0.764. The molecule has 158 valence electrons. The Bertz CT molecular complexity index is 1270. The third-order valence-electron chi connectivity index (χ3n) is 5.74. The maximum Gasteiger partial charge on any atom is 0.257 e. The second-order valence-electron chi connectivity index (χ2n) is 7.68. The minimum Gasteiger partial charge on any atom is -0.340 e. The van der Waals surface area contributed by atoms with Crippen LogP contribution < -0.4 is 0 Å². The SMILES string of the molecule is CC1(c2nc3cc(Br)c(F)cc3[nH]2)CCCN1C(=O)c1cc(F)ccc1-n1nccn1. The van der Waals surface area contributed by atoms with Gasteiger partial charge in [0.15, 0.2) is 0 Å². The number of aromatic nitrogens is 5. The van der Waals surface area contributed by atoms with Crippen LogP contribution in [0.4, 0.5) is 8.78 Å². The van der Waals surface area contributed by atoms with Gasteiger partial charge in [0.25, 0.3) is 5.91 Å². The average molecular weight is 487 g/mol. The minimum absolute atomic E-state index is 0.161. The summed E-state index contributed by atoms with van der Waals surface area (Å²) in [7, 11) is 0. The van der Waals surface area contributed by atoms with E-state index in [4.69, 9.17) is 0 Å². The first kappa shape index (κ1) is 19.8. The van der Waals surface area contributed by atoms with Crippen molar-refractivity contribution in [3.05, 3.63) is 70.2 Å². The van der Waals surface area contributed by atoms with Gasteiger partial charge in [0, 0.05) is 12.6 Å². The molecular weight excluding hydrogens is 470 g/mol. The number of carbonyl (C=O) groups excluding carboxylic acids is 1. The number of H-pyrrole nitrogens is 1. The zero-order valence-electron chi connectivity index (χ0n) is 16.4. The second-order valence-corrected chi connectivity index (χ2v) is 8.54. The first-order valence-electron chi connectivity index (χ1n) is 9.70. The van der Waals surface area contributed by atoms with E-state index in [0.717, 1.165) is 6.42 Å². The third-order valence-corrected chi connectivity index (χ3v) is 6.35. The maximum atomic E-state index is 14.1. The van der Waals surface area contributed by atoms with Gasteiger partial charge in [0.05, 0.1) is 44.7 Å². The van der Waals surface area contributed by atoms with Crippen LogP contribution in [0.5, 0.6) is 0 Å². The van der Waals surface area contributed by atoms with Crippen LogP contribution in [-0.2, 0) is 5.54 Å². The molecule has 1 aliphatic heterocycles.